The van der Waals surface area contributed by atoms with Gasteiger partial charge in [0, 0.05) is 11.4 Å². The Morgan fingerprint density at radius 1 is 1.35 bits per heavy atom. The summed E-state index contributed by atoms with van der Waals surface area (Å²) in [6.07, 6.45) is -0.316. The van der Waals surface area contributed by atoms with Crippen molar-refractivity contribution < 1.29 is 14.3 Å². The van der Waals surface area contributed by atoms with E-state index in [4.69, 9.17) is 4.74 Å². The van der Waals surface area contributed by atoms with Gasteiger partial charge in [0.2, 0.25) is 5.91 Å². The summed E-state index contributed by atoms with van der Waals surface area (Å²) in [4.78, 5) is 27.2. The van der Waals surface area contributed by atoms with Crippen LogP contribution < -0.4 is 10.6 Å². The summed E-state index contributed by atoms with van der Waals surface area (Å²) in [7, 11) is 0. The van der Waals surface area contributed by atoms with Crippen molar-refractivity contribution in [3.63, 3.8) is 0 Å². The molecule has 0 unspecified atom stereocenters. The lowest BCUT2D eigenvalue weighted by Gasteiger charge is -2.07. The predicted octanol–water partition coefficient (Wildman–Crippen LogP) is 2.41. The van der Waals surface area contributed by atoms with Gasteiger partial charge in [0.05, 0.1) is 18.7 Å². The number of anilines is 1. The Bertz CT molecular complexity index is 457. The SMILES string of the molecule is CC(C)COC(=O)Nc1nc(CC(=O)NC(C)C)cs1. The van der Waals surface area contributed by atoms with E-state index in [2.05, 4.69) is 15.6 Å². The fourth-order valence-corrected chi connectivity index (χ4v) is 2.04. The normalized spacial score (nSPS) is 10.7. The highest BCUT2D eigenvalue weighted by Gasteiger charge is 2.11. The molecule has 1 aromatic heterocycles. The molecule has 1 heterocycles. The quantitative estimate of drug-likeness (QED) is 0.845. The van der Waals surface area contributed by atoms with Gasteiger partial charge in [0.25, 0.3) is 0 Å². The largest absolute Gasteiger partial charge is 0.449 e. The van der Waals surface area contributed by atoms with Crippen LogP contribution in [0.25, 0.3) is 0 Å². The maximum absolute atomic E-state index is 11.6. The van der Waals surface area contributed by atoms with Crippen molar-refractivity contribution in [2.24, 2.45) is 5.92 Å². The molecule has 0 fully saturated rings. The Labute approximate surface area is 122 Å². The van der Waals surface area contributed by atoms with Crippen molar-refractivity contribution in [2.75, 3.05) is 11.9 Å². The number of hydrogen-bond donors (Lipinski definition) is 2. The Hall–Kier alpha value is -1.63. The van der Waals surface area contributed by atoms with E-state index in [1.54, 1.807) is 5.38 Å². The second-order valence-electron chi connectivity index (χ2n) is 5.16. The third-order valence-electron chi connectivity index (χ3n) is 2.10. The average molecular weight is 299 g/mol. The van der Waals surface area contributed by atoms with Crippen LogP contribution in [0.15, 0.2) is 5.38 Å². The standard InChI is InChI=1S/C13H21N3O3S/c1-8(2)6-19-13(18)16-12-15-10(7-20-12)5-11(17)14-9(3)4/h7-9H,5-6H2,1-4H3,(H,14,17)(H,15,16,18). The molecule has 0 bridgehead atoms. The smallest absolute Gasteiger partial charge is 0.413 e. The Kier molecular flexibility index (Phi) is 6.44. The zero-order valence-electron chi connectivity index (χ0n) is 12.2. The Morgan fingerprint density at radius 3 is 2.65 bits per heavy atom. The van der Waals surface area contributed by atoms with E-state index in [-0.39, 0.29) is 24.3 Å². The van der Waals surface area contributed by atoms with Crippen LogP contribution in [0, 0.1) is 5.92 Å². The van der Waals surface area contributed by atoms with Gasteiger partial charge in [-0.05, 0) is 19.8 Å². The molecule has 20 heavy (non-hydrogen) atoms. The average Bonchev–Trinajstić information content (AvgIpc) is 2.72. The third kappa shape index (κ3) is 6.51. The first-order chi connectivity index (χ1) is 9.36. The van der Waals surface area contributed by atoms with Gasteiger partial charge in [-0.2, -0.15) is 0 Å². The van der Waals surface area contributed by atoms with Crippen LogP contribution in [0.3, 0.4) is 0 Å². The van der Waals surface area contributed by atoms with Crippen molar-refractivity contribution in [3.05, 3.63) is 11.1 Å². The lowest BCUT2D eigenvalue weighted by Crippen LogP contribution is -2.31. The van der Waals surface area contributed by atoms with E-state index in [1.807, 2.05) is 27.7 Å². The van der Waals surface area contributed by atoms with Gasteiger partial charge < -0.3 is 10.1 Å². The monoisotopic (exact) mass is 299 g/mol. The van der Waals surface area contributed by atoms with Gasteiger partial charge >= 0.3 is 6.09 Å². The highest BCUT2D eigenvalue weighted by molar-refractivity contribution is 7.13. The van der Waals surface area contributed by atoms with Crippen LogP contribution in [0.1, 0.15) is 33.4 Å². The third-order valence-corrected chi connectivity index (χ3v) is 2.91. The lowest BCUT2D eigenvalue weighted by atomic mass is 10.2. The summed E-state index contributed by atoms with van der Waals surface area (Å²) in [5.74, 6) is 0.201. The molecule has 6 nitrogen and oxygen atoms in total. The van der Waals surface area contributed by atoms with Gasteiger partial charge in [-0.1, -0.05) is 13.8 Å². The molecule has 1 rings (SSSR count). The number of nitrogens with zero attached hydrogens (tertiary/aromatic N) is 1. The van der Waals surface area contributed by atoms with Crippen LogP contribution in [0.5, 0.6) is 0 Å². The first kappa shape index (κ1) is 16.4. The first-order valence-corrected chi connectivity index (χ1v) is 7.42. The minimum Gasteiger partial charge on any atom is -0.449 e. The van der Waals surface area contributed by atoms with Crippen molar-refractivity contribution in [1.29, 1.82) is 0 Å². The zero-order valence-corrected chi connectivity index (χ0v) is 13.0. The van der Waals surface area contributed by atoms with Crippen molar-refractivity contribution in [3.8, 4) is 0 Å². The molecule has 0 atom stereocenters. The topological polar surface area (TPSA) is 80.3 Å². The van der Waals surface area contributed by atoms with E-state index in [0.29, 0.717) is 17.4 Å². The summed E-state index contributed by atoms with van der Waals surface area (Å²) in [5.41, 5.74) is 0.632. The molecule has 112 valence electrons. The number of nitrogens with one attached hydrogen (secondary N) is 2. The maximum atomic E-state index is 11.6. The van der Waals surface area contributed by atoms with E-state index >= 15 is 0 Å². The van der Waals surface area contributed by atoms with Crippen LogP contribution in [-0.4, -0.2) is 29.6 Å². The van der Waals surface area contributed by atoms with Gasteiger partial charge in [0.1, 0.15) is 0 Å². The fourth-order valence-electron chi connectivity index (χ4n) is 1.35. The minimum atomic E-state index is -0.522. The molecule has 0 spiro atoms. The Morgan fingerprint density at radius 2 is 2.05 bits per heavy atom. The number of rotatable bonds is 6. The molecule has 1 aromatic rings. The fraction of sp³-hybridized carbons (Fsp3) is 0.615. The predicted molar refractivity (Wildman–Crippen MR) is 78.9 cm³/mol. The van der Waals surface area contributed by atoms with Crippen molar-refractivity contribution >= 4 is 28.5 Å². The number of ether oxygens (including phenoxy) is 1. The van der Waals surface area contributed by atoms with Crippen molar-refractivity contribution in [1.82, 2.24) is 10.3 Å². The van der Waals surface area contributed by atoms with Crippen molar-refractivity contribution in [2.45, 2.75) is 40.2 Å². The number of amides is 2. The molecular weight excluding hydrogens is 278 g/mol. The molecular formula is C13H21N3O3S. The molecule has 0 aromatic carbocycles. The van der Waals surface area contributed by atoms with Gasteiger partial charge in [-0.3, -0.25) is 10.1 Å². The summed E-state index contributed by atoms with van der Waals surface area (Å²) >= 11 is 1.27. The maximum Gasteiger partial charge on any atom is 0.413 e. The molecule has 0 saturated heterocycles. The summed E-state index contributed by atoms with van der Waals surface area (Å²) in [5, 5.41) is 7.52. The van der Waals surface area contributed by atoms with Gasteiger partial charge in [0.15, 0.2) is 5.13 Å². The summed E-state index contributed by atoms with van der Waals surface area (Å²) < 4.78 is 4.99. The van der Waals surface area contributed by atoms with Crippen LogP contribution in [-0.2, 0) is 16.0 Å². The highest BCUT2D eigenvalue weighted by atomic mass is 32.1. The van der Waals surface area contributed by atoms with Crippen LogP contribution in [0.4, 0.5) is 9.93 Å². The molecule has 2 amide bonds. The molecule has 0 aliphatic rings. The second kappa shape index (κ2) is 7.84. The number of carbonyl (C=O) groups excluding carboxylic acids is 2. The summed E-state index contributed by atoms with van der Waals surface area (Å²) in [6, 6.07) is 0.102. The van der Waals surface area contributed by atoms with Gasteiger partial charge in [-0.25, -0.2) is 9.78 Å². The molecule has 7 heteroatoms. The molecule has 0 aliphatic carbocycles. The zero-order chi connectivity index (χ0) is 15.1. The summed E-state index contributed by atoms with van der Waals surface area (Å²) in [6.45, 7) is 8.08. The lowest BCUT2D eigenvalue weighted by molar-refractivity contribution is -0.120. The molecule has 0 saturated carbocycles. The number of thiazole rings is 1. The Balaban J connectivity index is 2.43. The van der Waals surface area contributed by atoms with E-state index in [0.717, 1.165) is 0 Å². The van der Waals surface area contributed by atoms with E-state index < -0.39 is 6.09 Å². The number of carbonyl (C=O) groups is 2. The first-order valence-electron chi connectivity index (χ1n) is 6.54. The molecule has 0 radical (unpaired) electrons. The van der Waals surface area contributed by atoms with Crippen LogP contribution >= 0.6 is 11.3 Å². The van der Waals surface area contributed by atoms with Gasteiger partial charge in [-0.15, -0.1) is 11.3 Å². The van der Waals surface area contributed by atoms with E-state index in [9.17, 15) is 9.59 Å². The molecule has 0 aliphatic heterocycles. The highest BCUT2D eigenvalue weighted by Crippen LogP contribution is 2.16. The number of hydrogen-bond acceptors (Lipinski definition) is 5. The second-order valence-corrected chi connectivity index (χ2v) is 6.02. The minimum absolute atomic E-state index is 0.0840. The molecule has 2 N–H and O–H groups in total. The van der Waals surface area contributed by atoms with Crippen LogP contribution in [0.2, 0.25) is 0 Å². The number of aromatic nitrogens is 1. The van der Waals surface area contributed by atoms with E-state index in [1.165, 1.54) is 11.3 Å².